The van der Waals surface area contributed by atoms with Gasteiger partial charge in [-0.1, -0.05) is 40.5 Å². The Kier molecular flexibility index (Phi) is 5.49. The first-order valence-electron chi connectivity index (χ1n) is 6.59. The highest BCUT2D eigenvalue weighted by Crippen LogP contribution is 2.26. The van der Waals surface area contributed by atoms with Gasteiger partial charge in [-0.3, -0.25) is 4.90 Å². The van der Waals surface area contributed by atoms with Crippen LogP contribution in [0.4, 0.5) is 0 Å². The van der Waals surface area contributed by atoms with Gasteiger partial charge in [-0.2, -0.15) is 0 Å². The van der Waals surface area contributed by atoms with Crippen LogP contribution in [0.3, 0.4) is 0 Å². The Bertz CT molecular complexity index is 393. The normalized spacial score (nSPS) is 15.3. The number of halogens is 2. The third-order valence-corrected chi connectivity index (χ3v) is 4.22. The fourth-order valence-corrected chi connectivity index (χ4v) is 2.89. The third-order valence-electron chi connectivity index (χ3n) is 3.38. The molecule has 0 amide bonds. The van der Waals surface area contributed by atoms with E-state index in [0.29, 0.717) is 0 Å². The second kappa shape index (κ2) is 6.90. The van der Waals surface area contributed by atoms with Crippen LogP contribution in [0, 0.1) is 0 Å². The number of benzene rings is 1. The Labute approximate surface area is 123 Å². The molecule has 0 radical (unpaired) electrons. The summed E-state index contributed by atoms with van der Waals surface area (Å²) in [5.74, 6) is 0. The molecule has 0 atom stereocenters. The lowest BCUT2D eigenvalue weighted by atomic mass is 10.2. The van der Waals surface area contributed by atoms with E-state index < -0.39 is 0 Å². The zero-order chi connectivity index (χ0) is 13.0. The number of nitrogens with one attached hydrogen (secondary N) is 1. The van der Waals surface area contributed by atoms with E-state index in [2.05, 4.69) is 39.1 Å². The molecule has 2 nitrogen and oxygen atoms in total. The maximum absolute atomic E-state index is 6.18. The predicted molar refractivity (Wildman–Crippen MR) is 81.1 cm³/mol. The minimum absolute atomic E-state index is 0.825. The van der Waals surface area contributed by atoms with Crippen molar-refractivity contribution in [3.05, 3.63) is 33.3 Å². The highest BCUT2D eigenvalue weighted by Gasteiger charge is 2.26. The molecule has 1 fully saturated rings. The smallest absolute Gasteiger partial charge is 0.0462 e. The Morgan fingerprint density at radius 1 is 1.44 bits per heavy atom. The van der Waals surface area contributed by atoms with E-state index in [-0.39, 0.29) is 0 Å². The molecule has 4 heteroatoms. The summed E-state index contributed by atoms with van der Waals surface area (Å²) >= 11 is 9.60. The van der Waals surface area contributed by atoms with Crippen molar-refractivity contribution in [1.82, 2.24) is 10.2 Å². The van der Waals surface area contributed by atoms with Crippen molar-refractivity contribution in [1.29, 1.82) is 0 Å². The molecular formula is C14H20BrClN2. The van der Waals surface area contributed by atoms with Crippen molar-refractivity contribution in [3.63, 3.8) is 0 Å². The van der Waals surface area contributed by atoms with Crippen LogP contribution in [0.2, 0.25) is 5.02 Å². The van der Waals surface area contributed by atoms with Gasteiger partial charge in [0.15, 0.2) is 0 Å². The van der Waals surface area contributed by atoms with Crippen molar-refractivity contribution in [2.45, 2.75) is 32.4 Å². The topological polar surface area (TPSA) is 15.3 Å². The van der Waals surface area contributed by atoms with E-state index in [1.54, 1.807) is 0 Å². The summed E-state index contributed by atoms with van der Waals surface area (Å²) in [6.07, 6.45) is 2.76. The second-order valence-corrected chi connectivity index (χ2v) is 6.10. The van der Waals surface area contributed by atoms with E-state index in [0.717, 1.165) is 47.3 Å². The van der Waals surface area contributed by atoms with E-state index >= 15 is 0 Å². The third kappa shape index (κ3) is 4.23. The zero-order valence-electron chi connectivity index (χ0n) is 10.8. The number of likely N-dealkylation sites (N-methyl/N-ethyl adjacent to an activating group) is 1. The molecule has 0 spiro atoms. The van der Waals surface area contributed by atoms with Crippen LogP contribution in [0.5, 0.6) is 0 Å². The molecule has 1 aromatic carbocycles. The van der Waals surface area contributed by atoms with E-state index in [4.69, 9.17) is 11.6 Å². The number of hydrogen-bond acceptors (Lipinski definition) is 2. The van der Waals surface area contributed by atoms with Crippen LogP contribution in [-0.4, -0.2) is 30.6 Å². The van der Waals surface area contributed by atoms with E-state index in [9.17, 15) is 0 Å². The quantitative estimate of drug-likeness (QED) is 0.767. The molecule has 1 aromatic rings. The first kappa shape index (κ1) is 14.3. The largest absolute Gasteiger partial charge is 0.311 e. The van der Waals surface area contributed by atoms with Gasteiger partial charge in [0.1, 0.15) is 0 Å². The Hall–Kier alpha value is -0.0900. The first-order chi connectivity index (χ1) is 8.70. The van der Waals surface area contributed by atoms with Crippen molar-refractivity contribution in [3.8, 4) is 0 Å². The van der Waals surface area contributed by atoms with E-state index in [1.807, 2.05) is 12.1 Å². The molecule has 0 saturated heterocycles. The van der Waals surface area contributed by atoms with Gasteiger partial charge in [0, 0.05) is 35.2 Å². The van der Waals surface area contributed by atoms with Gasteiger partial charge in [-0.05, 0) is 37.1 Å². The Balaban J connectivity index is 1.71. The summed E-state index contributed by atoms with van der Waals surface area (Å²) in [5, 5.41) is 4.29. The van der Waals surface area contributed by atoms with Gasteiger partial charge in [-0.25, -0.2) is 0 Å². The molecule has 100 valence electrons. The minimum Gasteiger partial charge on any atom is -0.311 e. The molecule has 0 heterocycles. The number of rotatable bonds is 7. The van der Waals surface area contributed by atoms with Gasteiger partial charge >= 0.3 is 0 Å². The zero-order valence-corrected chi connectivity index (χ0v) is 13.1. The van der Waals surface area contributed by atoms with Gasteiger partial charge in [0.25, 0.3) is 0 Å². The highest BCUT2D eigenvalue weighted by atomic mass is 79.9. The molecule has 0 bridgehead atoms. The van der Waals surface area contributed by atoms with Gasteiger partial charge in [0.05, 0.1) is 0 Å². The molecular weight excluding hydrogens is 312 g/mol. The van der Waals surface area contributed by atoms with Gasteiger partial charge in [0.2, 0.25) is 0 Å². The van der Waals surface area contributed by atoms with Crippen molar-refractivity contribution in [2.75, 3.05) is 19.6 Å². The van der Waals surface area contributed by atoms with Crippen LogP contribution in [0.1, 0.15) is 25.3 Å². The van der Waals surface area contributed by atoms with Crippen molar-refractivity contribution in [2.24, 2.45) is 0 Å². The molecule has 1 N–H and O–H groups in total. The molecule has 0 aromatic heterocycles. The van der Waals surface area contributed by atoms with Crippen LogP contribution in [0.15, 0.2) is 22.7 Å². The number of nitrogens with zero attached hydrogens (tertiary/aromatic N) is 1. The average molecular weight is 332 g/mol. The highest BCUT2D eigenvalue weighted by molar-refractivity contribution is 9.10. The molecule has 0 unspecified atom stereocenters. The average Bonchev–Trinajstić information content (AvgIpc) is 3.16. The summed E-state index contributed by atoms with van der Waals surface area (Å²) in [7, 11) is 0. The summed E-state index contributed by atoms with van der Waals surface area (Å²) in [6.45, 7) is 6.40. The molecule has 1 saturated carbocycles. The van der Waals surface area contributed by atoms with Crippen LogP contribution >= 0.6 is 27.5 Å². The first-order valence-corrected chi connectivity index (χ1v) is 7.76. The minimum atomic E-state index is 0.825. The summed E-state index contributed by atoms with van der Waals surface area (Å²) in [4.78, 5) is 2.55. The van der Waals surface area contributed by atoms with Crippen LogP contribution in [-0.2, 0) is 6.54 Å². The van der Waals surface area contributed by atoms with Gasteiger partial charge in [-0.15, -0.1) is 0 Å². The van der Waals surface area contributed by atoms with Crippen molar-refractivity contribution < 1.29 is 0 Å². The van der Waals surface area contributed by atoms with Crippen LogP contribution in [0.25, 0.3) is 0 Å². The molecule has 1 aliphatic rings. The van der Waals surface area contributed by atoms with E-state index in [1.165, 1.54) is 12.8 Å². The van der Waals surface area contributed by atoms with Crippen molar-refractivity contribution >= 4 is 27.5 Å². The predicted octanol–water partition coefficient (Wildman–Crippen LogP) is 3.68. The molecule has 1 aliphatic carbocycles. The molecule has 0 aliphatic heterocycles. The fourth-order valence-electron chi connectivity index (χ4n) is 2.15. The SMILES string of the molecule is CCN(CCNCc1ccc(Br)cc1Cl)C1CC1. The molecule has 2 rings (SSSR count). The second-order valence-electron chi connectivity index (χ2n) is 4.77. The number of hydrogen-bond donors (Lipinski definition) is 1. The monoisotopic (exact) mass is 330 g/mol. The summed E-state index contributed by atoms with van der Waals surface area (Å²) in [6, 6.07) is 6.90. The maximum Gasteiger partial charge on any atom is 0.0462 e. The Morgan fingerprint density at radius 2 is 2.22 bits per heavy atom. The molecule has 18 heavy (non-hydrogen) atoms. The lowest BCUT2D eigenvalue weighted by molar-refractivity contribution is 0.277. The lowest BCUT2D eigenvalue weighted by Gasteiger charge is -2.19. The Morgan fingerprint density at radius 3 is 2.83 bits per heavy atom. The van der Waals surface area contributed by atoms with Crippen LogP contribution < -0.4 is 5.32 Å². The fraction of sp³-hybridized carbons (Fsp3) is 0.571. The summed E-state index contributed by atoms with van der Waals surface area (Å²) < 4.78 is 1.03. The maximum atomic E-state index is 6.18. The lowest BCUT2D eigenvalue weighted by Crippen LogP contribution is -2.33. The standard InChI is InChI=1S/C14H20BrClN2/c1-2-18(13-5-6-13)8-7-17-10-11-3-4-12(15)9-14(11)16/h3-4,9,13,17H,2,5-8,10H2,1H3. The summed E-state index contributed by atoms with van der Waals surface area (Å²) in [5.41, 5.74) is 1.16. The van der Waals surface area contributed by atoms with Gasteiger partial charge < -0.3 is 5.32 Å².